The van der Waals surface area contributed by atoms with E-state index in [9.17, 15) is 22.8 Å². The highest BCUT2D eigenvalue weighted by molar-refractivity contribution is 5.92. The number of esters is 1. The van der Waals surface area contributed by atoms with Crippen LogP contribution in [-0.4, -0.2) is 18.5 Å². The summed E-state index contributed by atoms with van der Waals surface area (Å²) < 4.78 is 43.5. The van der Waals surface area contributed by atoms with E-state index in [4.69, 9.17) is 4.74 Å². The molecular formula is C18H16F3NO3. The number of carbonyl (C=O) groups is 2. The normalized spacial score (nSPS) is 11.0. The molecule has 25 heavy (non-hydrogen) atoms. The first kappa shape index (κ1) is 18.5. The van der Waals surface area contributed by atoms with Gasteiger partial charge in [0.25, 0.3) is 5.91 Å². The number of hydrogen-bond donors (Lipinski definition) is 1. The zero-order chi connectivity index (χ0) is 18.4. The van der Waals surface area contributed by atoms with E-state index in [0.29, 0.717) is 11.1 Å². The first-order valence-electron chi connectivity index (χ1n) is 7.43. The number of benzene rings is 2. The van der Waals surface area contributed by atoms with Crippen molar-refractivity contribution in [2.45, 2.75) is 19.6 Å². The molecule has 0 fully saturated rings. The Kier molecular flexibility index (Phi) is 5.80. The number of hydrogen-bond acceptors (Lipinski definition) is 3. The molecule has 0 radical (unpaired) electrons. The van der Waals surface area contributed by atoms with E-state index in [1.54, 1.807) is 31.2 Å². The topological polar surface area (TPSA) is 55.4 Å². The van der Waals surface area contributed by atoms with Crippen molar-refractivity contribution in [3.63, 3.8) is 0 Å². The van der Waals surface area contributed by atoms with Gasteiger partial charge in [-0.3, -0.25) is 4.79 Å². The molecule has 0 saturated carbocycles. The van der Waals surface area contributed by atoms with Crippen molar-refractivity contribution in [2.75, 3.05) is 6.61 Å². The van der Waals surface area contributed by atoms with Gasteiger partial charge in [-0.15, -0.1) is 0 Å². The summed E-state index contributed by atoms with van der Waals surface area (Å²) in [5.41, 5.74) is 0.158. The molecule has 0 bridgehead atoms. The van der Waals surface area contributed by atoms with Crippen molar-refractivity contribution in [3.8, 4) is 0 Å². The maximum atomic E-state index is 12.9. The summed E-state index contributed by atoms with van der Waals surface area (Å²) in [4.78, 5) is 23.6. The number of rotatable bonds is 5. The third-order valence-corrected chi connectivity index (χ3v) is 3.50. The van der Waals surface area contributed by atoms with Crippen molar-refractivity contribution < 1.29 is 27.5 Å². The second-order valence-corrected chi connectivity index (χ2v) is 5.32. The smallest absolute Gasteiger partial charge is 0.416 e. The number of amides is 1. The molecule has 0 aromatic heterocycles. The van der Waals surface area contributed by atoms with Gasteiger partial charge in [0.05, 0.1) is 11.1 Å². The van der Waals surface area contributed by atoms with Crippen LogP contribution in [0.3, 0.4) is 0 Å². The molecule has 132 valence electrons. The van der Waals surface area contributed by atoms with E-state index in [0.717, 1.165) is 6.07 Å². The summed E-state index contributed by atoms with van der Waals surface area (Å²) in [7, 11) is 0. The number of ether oxygens (including phenoxy) is 1. The molecular weight excluding hydrogens is 335 g/mol. The van der Waals surface area contributed by atoms with Crippen molar-refractivity contribution >= 4 is 11.9 Å². The van der Waals surface area contributed by atoms with Crippen LogP contribution in [0.15, 0.2) is 48.5 Å². The second kappa shape index (κ2) is 7.83. The van der Waals surface area contributed by atoms with Gasteiger partial charge >= 0.3 is 12.1 Å². The first-order chi connectivity index (χ1) is 11.8. The van der Waals surface area contributed by atoms with Crippen molar-refractivity contribution in [3.05, 3.63) is 70.8 Å². The van der Waals surface area contributed by atoms with Crippen LogP contribution in [0.25, 0.3) is 0 Å². The number of halogens is 3. The van der Waals surface area contributed by atoms with Gasteiger partial charge in [-0.25, -0.2) is 4.79 Å². The minimum atomic E-state index is -4.50. The summed E-state index contributed by atoms with van der Waals surface area (Å²) in [5, 5.41) is 2.32. The van der Waals surface area contributed by atoms with Gasteiger partial charge in [0.15, 0.2) is 6.61 Å². The Balaban J connectivity index is 1.90. The molecule has 0 atom stereocenters. The van der Waals surface area contributed by atoms with E-state index in [1.165, 1.54) is 18.2 Å². The van der Waals surface area contributed by atoms with Gasteiger partial charge in [0.2, 0.25) is 0 Å². The van der Waals surface area contributed by atoms with Crippen molar-refractivity contribution in [1.82, 2.24) is 5.32 Å². The summed E-state index contributed by atoms with van der Waals surface area (Å²) >= 11 is 0. The number of alkyl halides is 3. The number of carbonyl (C=O) groups excluding carboxylic acids is 2. The zero-order valence-electron chi connectivity index (χ0n) is 13.4. The van der Waals surface area contributed by atoms with E-state index < -0.39 is 30.2 Å². The highest BCUT2D eigenvalue weighted by Crippen LogP contribution is 2.31. The minimum absolute atomic E-state index is 0.0615. The van der Waals surface area contributed by atoms with Gasteiger partial charge in [-0.1, -0.05) is 36.4 Å². The fourth-order valence-electron chi connectivity index (χ4n) is 2.21. The van der Waals surface area contributed by atoms with Crippen LogP contribution in [-0.2, 0) is 22.3 Å². The molecule has 4 nitrogen and oxygen atoms in total. The maximum absolute atomic E-state index is 12.9. The van der Waals surface area contributed by atoms with Crippen LogP contribution in [0.1, 0.15) is 27.0 Å². The van der Waals surface area contributed by atoms with Gasteiger partial charge in [0, 0.05) is 6.54 Å². The van der Waals surface area contributed by atoms with Gasteiger partial charge in [-0.2, -0.15) is 13.2 Å². The van der Waals surface area contributed by atoms with Gasteiger partial charge in [0.1, 0.15) is 0 Å². The fourth-order valence-corrected chi connectivity index (χ4v) is 2.21. The monoisotopic (exact) mass is 351 g/mol. The third kappa shape index (κ3) is 5.07. The molecule has 2 aromatic carbocycles. The Hall–Kier alpha value is -2.83. The van der Waals surface area contributed by atoms with Gasteiger partial charge < -0.3 is 10.1 Å². The third-order valence-electron chi connectivity index (χ3n) is 3.50. The fraction of sp³-hybridized carbons (Fsp3) is 0.222. The number of aryl methyl sites for hydroxylation is 1. The molecule has 2 rings (SSSR count). The lowest BCUT2D eigenvalue weighted by molar-refractivity contribution is -0.138. The standard InChI is InChI=1S/C18H16F3NO3/c1-12-6-2-4-8-14(12)17(24)25-11-16(23)22-10-13-7-3-5-9-15(13)18(19,20)21/h2-9H,10-11H2,1H3,(H,22,23). The Labute approximate surface area is 142 Å². The summed E-state index contributed by atoms with van der Waals surface area (Å²) in [6.45, 7) is 0.850. The quantitative estimate of drug-likeness (QED) is 0.839. The minimum Gasteiger partial charge on any atom is -0.452 e. The van der Waals surface area contributed by atoms with E-state index in [-0.39, 0.29) is 12.1 Å². The Morgan fingerprint density at radius 3 is 2.36 bits per heavy atom. The van der Waals surface area contributed by atoms with Crippen LogP contribution in [0.2, 0.25) is 0 Å². The summed E-state index contributed by atoms with van der Waals surface area (Å²) in [6.07, 6.45) is -4.50. The highest BCUT2D eigenvalue weighted by atomic mass is 19.4. The van der Waals surface area contributed by atoms with Crippen LogP contribution in [0.4, 0.5) is 13.2 Å². The summed E-state index contributed by atoms with van der Waals surface area (Å²) in [6, 6.07) is 11.7. The Morgan fingerprint density at radius 2 is 1.68 bits per heavy atom. The molecule has 0 unspecified atom stereocenters. The first-order valence-corrected chi connectivity index (χ1v) is 7.43. The van der Waals surface area contributed by atoms with Crippen molar-refractivity contribution in [2.24, 2.45) is 0 Å². The maximum Gasteiger partial charge on any atom is 0.416 e. The van der Waals surface area contributed by atoms with Crippen LogP contribution >= 0.6 is 0 Å². The molecule has 2 aromatic rings. The molecule has 1 amide bonds. The van der Waals surface area contributed by atoms with E-state index in [1.807, 2.05) is 0 Å². The van der Waals surface area contributed by atoms with E-state index >= 15 is 0 Å². The SMILES string of the molecule is Cc1ccccc1C(=O)OCC(=O)NCc1ccccc1C(F)(F)F. The average molecular weight is 351 g/mol. The predicted octanol–water partition coefficient (Wildman–Crippen LogP) is 3.49. The predicted molar refractivity (Wildman–Crippen MR) is 84.8 cm³/mol. The van der Waals surface area contributed by atoms with Crippen LogP contribution < -0.4 is 5.32 Å². The second-order valence-electron chi connectivity index (χ2n) is 5.32. The lowest BCUT2D eigenvalue weighted by Crippen LogP contribution is -2.29. The van der Waals surface area contributed by atoms with Crippen LogP contribution in [0, 0.1) is 6.92 Å². The molecule has 0 saturated heterocycles. The Morgan fingerprint density at radius 1 is 1.04 bits per heavy atom. The molecule has 7 heteroatoms. The Bertz CT molecular complexity index is 772. The van der Waals surface area contributed by atoms with E-state index in [2.05, 4.69) is 5.32 Å². The lowest BCUT2D eigenvalue weighted by atomic mass is 10.1. The largest absolute Gasteiger partial charge is 0.452 e. The molecule has 0 aliphatic rings. The van der Waals surface area contributed by atoms with Gasteiger partial charge in [-0.05, 0) is 30.2 Å². The molecule has 0 spiro atoms. The number of nitrogens with one attached hydrogen (secondary N) is 1. The lowest BCUT2D eigenvalue weighted by Gasteiger charge is -2.13. The molecule has 0 aliphatic carbocycles. The average Bonchev–Trinajstić information content (AvgIpc) is 2.57. The molecule has 1 N–H and O–H groups in total. The van der Waals surface area contributed by atoms with Crippen molar-refractivity contribution in [1.29, 1.82) is 0 Å². The summed E-state index contributed by atoms with van der Waals surface area (Å²) in [5.74, 6) is -1.34. The van der Waals surface area contributed by atoms with Crippen LogP contribution in [0.5, 0.6) is 0 Å². The molecule has 0 heterocycles. The molecule has 0 aliphatic heterocycles. The highest BCUT2D eigenvalue weighted by Gasteiger charge is 2.32. The zero-order valence-corrected chi connectivity index (χ0v) is 13.4.